The normalized spacial score (nSPS) is 15.4. The second kappa shape index (κ2) is 10.5. The second-order valence-electron chi connectivity index (χ2n) is 8.51. The Balaban J connectivity index is 1.28. The molecule has 2 aliphatic rings. The Bertz CT molecular complexity index is 1330. The van der Waals surface area contributed by atoms with Crippen LogP contribution in [0.1, 0.15) is 5.82 Å². The first-order valence-electron chi connectivity index (χ1n) is 11.9. The Morgan fingerprint density at radius 1 is 0.861 bits per heavy atom. The molecule has 3 aromatic carbocycles. The third kappa shape index (κ3) is 4.67. The molecule has 4 aromatic rings. The summed E-state index contributed by atoms with van der Waals surface area (Å²) in [5.74, 6) is 1.12. The summed E-state index contributed by atoms with van der Waals surface area (Å²) in [6.07, 6.45) is 0. The van der Waals surface area contributed by atoms with Gasteiger partial charge in [-0.1, -0.05) is 66.0 Å². The van der Waals surface area contributed by atoms with Crippen molar-refractivity contribution < 1.29 is 9.53 Å². The number of nitrogens with zero attached hydrogens (tertiary/aromatic N) is 5. The maximum atomic E-state index is 13.7. The van der Waals surface area contributed by atoms with Crippen LogP contribution in [0.25, 0.3) is 5.69 Å². The minimum atomic E-state index is 0.0116. The van der Waals surface area contributed by atoms with E-state index >= 15 is 0 Å². The molecule has 7 nitrogen and oxygen atoms in total. The van der Waals surface area contributed by atoms with Crippen molar-refractivity contribution in [3.63, 3.8) is 0 Å². The number of anilines is 2. The van der Waals surface area contributed by atoms with Crippen LogP contribution < -0.4 is 4.90 Å². The minimum Gasteiger partial charge on any atom is -0.379 e. The zero-order valence-electron chi connectivity index (χ0n) is 19.6. The quantitative estimate of drug-likeness (QED) is 0.334. The molecule has 182 valence electrons. The predicted octanol–water partition coefficient (Wildman–Crippen LogP) is 5.02. The van der Waals surface area contributed by atoms with Crippen LogP contribution in [-0.2, 0) is 16.1 Å². The van der Waals surface area contributed by atoms with E-state index in [0.29, 0.717) is 11.7 Å². The van der Waals surface area contributed by atoms with E-state index in [4.69, 9.17) is 4.74 Å². The fourth-order valence-corrected chi connectivity index (χ4v) is 6.33. The number of morpholine rings is 1. The van der Waals surface area contributed by atoms with E-state index in [-0.39, 0.29) is 11.7 Å². The monoisotopic (exact) mass is 515 g/mol. The summed E-state index contributed by atoms with van der Waals surface area (Å²) in [5, 5.41) is 9.75. The standard InChI is InChI=1S/C27H25N5O2S2/c33-26(32-21-10-4-6-12-23(21)36-24-13-7-5-11-22(24)32)19-35-27-29-28-25(18-30-14-16-34-17-15-30)31(27)20-8-2-1-3-9-20/h1-13H,14-19H2. The first kappa shape index (κ1) is 23.3. The summed E-state index contributed by atoms with van der Waals surface area (Å²) in [6.45, 7) is 3.88. The van der Waals surface area contributed by atoms with Gasteiger partial charge in [0.15, 0.2) is 11.0 Å². The summed E-state index contributed by atoms with van der Waals surface area (Å²) in [6, 6.07) is 26.2. The molecular formula is C27H25N5O2S2. The van der Waals surface area contributed by atoms with Crippen LogP contribution in [0, 0.1) is 0 Å². The van der Waals surface area contributed by atoms with Gasteiger partial charge in [-0.15, -0.1) is 10.2 Å². The fourth-order valence-electron chi connectivity index (χ4n) is 4.46. The number of hydrogen-bond acceptors (Lipinski definition) is 7. The van der Waals surface area contributed by atoms with Gasteiger partial charge in [-0.3, -0.25) is 19.2 Å². The average molecular weight is 516 g/mol. The molecule has 9 heteroatoms. The largest absolute Gasteiger partial charge is 0.379 e. The predicted molar refractivity (Wildman–Crippen MR) is 142 cm³/mol. The molecule has 0 unspecified atom stereocenters. The van der Waals surface area contributed by atoms with Gasteiger partial charge >= 0.3 is 0 Å². The topological polar surface area (TPSA) is 63.5 Å². The molecule has 0 saturated carbocycles. The van der Waals surface area contributed by atoms with E-state index in [2.05, 4.69) is 31.8 Å². The molecule has 1 saturated heterocycles. The average Bonchev–Trinajstić information content (AvgIpc) is 3.33. The maximum absolute atomic E-state index is 13.7. The van der Waals surface area contributed by atoms with Crippen LogP contribution >= 0.6 is 23.5 Å². The number of carbonyl (C=O) groups is 1. The number of aromatic nitrogens is 3. The number of rotatable bonds is 6. The van der Waals surface area contributed by atoms with E-state index in [1.165, 1.54) is 11.8 Å². The number of ether oxygens (including phenoxy) is 1. The summed E-state index contributed by atoms with van der Waals surface area (Å²) in [4.78, 5) is 20.0. The van der Waals surface area contributed by atoms with Gasteiger partial charge in [0.2, 0.25) is 5.91 Å². The summed E-state index contributed by atoms with van der Waals surface area (Å²) < 4.78 is 7.57. The van der Waals surface area contributed by atoms with Crippen molar-refractivity contribution in [1.82, 2.24) is 19.7 Å². The Morgan fingerprint density at radius 2 is 1.50 bits per heavy atom. The highest BCUT2D eigenvalue weighted by Crippen LogP contribution is 2.48. The van der Waals surface area contributed by atoms with Crippen molar-refractivity contribution in [3.8, 4) is 5.69 Å². The number of hydrogen-bond donors (Lipinski definition) is 0. The smallest absolute Gasteiger partial charge is 0.242 e. The highest BCUT2D eigenvalue weighted by molar-refractivity contribution is 8.00. The van der Waals surface area contributed by atoms with Crippen molar-refractivity contribution in [3.05, 3.63) is 84.7 Å². The zero-order chi connectivity index (χ0) is 24.3. The van der Waals surface area contributed by atoms with E-state index in [0.717, 1.165) is 59.0 Å². The molecule has 1 aromatic heterocycles. The highest BCUT2D eigenvalue weighted by atomic mass is 32.2. The first-order chi connectivity index (χ1) is 17.8. The van der Waals surface area contributed by atoms with Gasteiger partial charge in [0.25, 0.3) is 0 Å². The SMILES string of the molecule is O=C(CSc1nnc(CN2CCOCC2)n1-c1ccccc1)N1c2ccccc2Sc2ccccc21. The Morgan fingerprint density at radius 3 is 2.19 bits per heavy atom. The lowest BCUT2D eigenvalue weighted by Gasteiger charge is -2.31. The van der Waals surface area contributed by atoms with Crippen molar-refractivity contribution in [2.75, 3.05) is 37.0 Å². The molecule has 0 atom stereocenters. The summed E-state index contributed by atoms with van der Waals surface area (Å²) in [5.41, 5.74) is 2.83. The highest BCUT2D eigenvalue weighted by Gasteiger charge is 2.28. The zero-order valence-corrected chi connectivity index (χ0v) is 21.3. The van der Waals surface area contributed by atoms with E-state index in [1.54, 1.807) is 11.8 Å². The lowest BCUT2D eigenvalue weighted by atomic mass is 10.2. The van der Waals surface area contributed by atoms with Crippen LogP contribution in [0.4, 0.5) is 11.4 Å². The summed E-state index contributed by atoms with van der Waals surface area (Å²) >= 11 is 3.12. The van der Waals surface area contributed by atoms with Crippen LogP contribution in [0.3, 0.4) is 0 Å². The van der Waals surface area contributed by atoms with Gasteiger partial charge in [0, 0.05) is 28.6 Å². The van der Waals surface area contributed by atoms with Crippen LogP contribution in [0.5, 0.6) is 0 Å². The molecule has 6 rings (SSSR count). The van der Waals surface area contributed by atoms with Gasteiger partial charge < -0.3 is 4.74 Å². The van der Waals surface area contributed by atoms with E-state index < -0.39 is 0 Å². The first-order valence-corrected chi connectivity index (χ1v) is 13.7. The van der Waals surface area contributed by atoms with Gasteiger partial charge in [-0.05, 0) is 36.4 Å². The molecule has 0 spiro atoms. The number of carbonyl (C=O) groups excluding carboxylic acids is 1. The Kier molecular flexibility index (Phi) is 6.78. The van der Waals surface area contributed by atoms with Crippen LogP contribution in [0.15, 0.2) is 93.8 Å². The second-order valence-corrected chi connectivity index (χ2v) is 10.5. The van der Waals surface area contributed by atoms with Crippen LogP contribution in [-0.4, -0.2) is 57.6 Å². The van der Waals surface area contributed by atoms with Gasteiger partial charge in [0.1, 0.15) is 0 Å². The Labute approximate surface area is 218 Å². The molecular weight excluding hydrogens is 490 g/mol. The van der Waals surface area contributed by atoms with E-state index in [9.17, 15) is 4.79 Å². The third-order valence-electron chi connectivity index (χ3n) is 6.19. The molecule has 0 N–H and O–H groups in total. The molecule has 1 fully saturated rings. The van der Waals surface area contributed by atoms with Gasteiger partial charge in [-0.25, -0.2) is 0 Å². The molecule has 1 amide bonds. The lowest BCUT2D eigenvalue weighted by molar-refractivity contribution is -0.115. The van der Waals surface area contributed by atoms with Gasteiger partial charge in [-0.2, -0.15) is 0 Å². The third-order valence-corrected chi connectivity index (χ3v) is 8.23. The van der Waals surface area contributed by atoms with Gasteiger partial charge in [0.05, 0.1) is 36.9 Å². The maximum Gasteiger partial charge on any atom is 0.242 e. The minimum absolute atomic E-state index is 0.0116. The number of para-hydroxylation sites is 3. The molecule has 0 radical (unpaired) electrons. The molecule has 2 aliphatic heterocycles. The molecule has 3 heterocycles. The lowest BCUT2D eigenvalue weighted by Crippen LogP contribution is -2.36. The van der Waals surface area contributed by atoms with Crippen molar-refractivity contribution in [2.24, 2.45) is 0 Å². The van der Waals surface area contributed by atoms with Crippen molar-refractivity contribution in [1.29, 1.82) is 0 Å². The number of amides is 1. The van der Waals surface area contributed by atoms with Crippen LogP contribution in [0.2, 0.25) is 0 Å². The number of thioether (sulfide) groups is 1. The molecule has 36 heavy (non-hydrogen) atoms. The Hall–Kier alpha value is -3.11. The number of benzene rings is 3. The molecule has 0 aliphatic carbocycles. The molecule has 0 bridgehead atoms. The fraction of sp³-hybridized carbons (Fsp3) is 0.222. The van der Waals surface area contributed by atoms with E-state index in [1.807, 2.05) is 71.6 Å². The van der Waals surface area contributed by atoms with Crippen molar-refractivity contribution >= 4 is 40.8 Å². The van der Waals surface area contributed by atoms with Crippen molar-refractivity contribution in [2.45, 2.75) is 21.5 Å². The number of fused-ring (bicyclic) bond motifs is 2. The summed E-state index contributed by atoms with van der Waals surface area (Å²) in [7, 11) is 0.